The van der Waals surface area contributed by atoms with Gasteiger partial charge in [-0.25, -0.2) is 9.78 Å². The molecule has 0 unspecified atom stereocenters. The second-order valence-electron chi connectivity index (χ2n) is 4.90. The number of hydrogen-bond donors (Lipinski definition) is 0. The molecule has 0 aromatic heterocycles. The number of rotatable bonds is 1. The Balaban J connectivity index is 1.80. The molecule has 3 atom stereocenters. The van der Waals surface area contributed by atoms with Crippen LogP contribution < -0.4 is 0 Å². The van der Waals surface area contributed by atoms with Crippen molar-refractivity contribution in [2.24, 2.45) is 5.41 Å². The Labute approximate surface area is 95.2 Å². The van der Waals surface area contributed by atoms with Gasteiger partial charge in [0.2, 0.25) is 0 Å². The minimum Gasteiger partial charge on any atom is -0.349 e. The Morgan fingerprint density at radius 1 is 1.19 bits per heavy atom. The van der Waals surface area contributed by atoms with E-state index >= 15 is 0 Å². The van der Waals surface area contributed by atoms with E-state index in [1.54, 1.807) is 0 Å². The van der Waals surface area contributed by atoms with Gasteiger partial charge in [0.15, 0.2) is 6.29 Å². The van der Waals surface area contributed by atoms with Gasteiger partial charge in [0.05, 0.1) is 6.61 Å². The Hall–Kier alpha value is -0.900. The summed E-state index contributed by atoms with van der Waals surface area (Å²) in [7, 11) is 0. The van der Waals surface area contributed by atoms with Crippen LogP contribution in [0.1, 0.15) is 31.4 Å². The molecule has 1 aromatic rings. The summed E-state index contributed by atoms with van der Waals surface area (Å²) in [6.07, 6.45) is 1.85. The summed E-state index contributed by atoms with van der Waals surface area (Å²) >= 11 is 0. The number of fused-ring (bicyclic) bond motifs is 1. The average Bonchev–Trinajstić information content (AvgIpc) is 2.70. The molecule has 3 heteroatoms. The molecule has 3 rings (SSSR count). The van der Waals surface area contributed by atoms with Crippen LogP contribution in [0.5, 0.6) is 0 Å². The Morgan fingerprint density at radius 2 is 2.00 bits per heavy atom. The van der Waals surface area contributed by atoms with E-state index in [0.29, 0.717) is 0 Å². The smallest absolute Gasteiger partial charge is 0.196 e. The predicted octanol–water partition coefficient (Wildman–Crippen LogP) is 2.83. The zero-order chi connectivity index (χ0) is 11.0. The van der Waals surface area contributed by atoms with Crippen LogP contribution in [0.25, 0.3) is 0 Å². The number of ether oxygens (including phenoxy) is 1. The van der Waals surface area contributed by atoms with Crippen molar-refractivity contribution in [3.63, 3.8) is 0 Å². The van der Waals surface area contributed by atoms with Gasteiger partial charge >= 0.3 is 0 Å². The van der Waals surface area contributed by atoms with Gasteiger partial charge < -0.3 is 4.74 Å². The van der Waals surface area contributed by atoms with Crippen LogP contribution in [0.3, 0.4) is 0 Å². The number of benzene rings is 1. The van der Waals surface area contributed by atoms with Crippen molar-refractivity contribution >= 4 is 0 Å². The Kier molecular flexibility index (Phi) is 2.46. The lowest BCUT2D eigenvalue weighted by atomic mass is 9.80. The molecule has 2 saturated heterocycles. The highest BCUT2D eigenvalue weighted by Gasteiger charge is 2.47. The van der Waals surface area contributed by atoms with Gasteiger partial charge in [-0.05, 0) is 18.4 Å². The summed E-state index contributed by atoms with van der Waals surface area (Å²) in [4.78, 5) is 10.8. The van der Waals surface area contributed by atoms with E-state index in [1.807, 2.05) is 18.2 Å². The molecule has 86 valence electrons. The van der Waals surface area contributed by atoms with E-state index in [4.69, 9.17) is 14.5 Å². The Bertz CT molecular complexity index is 365. The minimum absolute atomic E-state index is 0.0316. The van der Waals surface area contributed by atoms with Crippen LogP contribution in [0.2, 0.25) is 0 Å². The molecule has 0 radical (unpaired) electrons. The van der Waals surface area contributed by atoms with Crippen LogP contribution in [-0.4, -0.2) is 12.9 Å². The maximum Gasteiger partial charge on any atom is 0.196 e. The van der Waals surface area contributed by atoms with E-state index in [-0.39, 0.29) is 17.8 Å². The van der Waals surface area contributed by atoms with Gasteiger partial charge in [-0.2, -0.15) is 0 Å². The monoisotopic (exact) mass is 220 g/mol. The third-order valence-corrected chi connectivity index (χ3v) is 3.59. The van der Waals surface area contributed by atoms with Crippen molar-refractivity contribution in [1.82, 2.24) is 0 Å². The van der Waals surface area contributed by atoms with Gasteiger partial charge in [0.1, 0.15) is 6.10 Å². The molecule has 2 heterocycles. The highest BCUT2D eigenvalue weighted by Crippen LogP contribution is 2.47. The van der Waals surface area contributed by atoms with Crippen molar-refractivity contribution in [1.29, 1.82) is 0 Å². The molecular formula is C13H16O3. The molecule has 0 saturated carbocycles. The summed E-state index contributed by atoms with van der Waals surface area (Å²) in [5.41, 5.74) is 1.27. The molecule has 0 bridgehead atoms. The lowest BCUT2D eigenvalue weighted by Crippen LogP contribution is -2.37. The first-order valence-electron chi connectivity index (χ1n) is 5.77. The van der Waals surface area contributed by atoms with Crippen LogP contribution in [0.4, 0.5) is 0 Å². The topological polar surface area (TPSA) is 27.7 Å². The SMILES string of the molecule is C[C@@]12CCO[C@@H]1OO[C@@H](c1ccccc1)C2. The van der Waals surface area contributed by atoms with Gasteiger partial charge in [-0.15, -0.1) is 0 Å². The van der Waals surface area contributed by atoms with Crippen molar-refractivity contribution in [3.05, 3.63) is 35.9 Å². The first-order valence-corrected chi connectivity index (χ1v) is 5.77. The van der Waals surface area contributed by atoms with E-state index in [1.165, 1.54) is 5.56 Å². The maximum atomic E-state index is 5.50. The molecule has 3 nitrogen and oxygen atoms in total. The van der Waals surface area contributed by atoms with Crippen molar-refractivity contribution in [2.45, 2.75) is 32.2 Å². The fourth-order valence-electron chi connectivity index (χ4n) is 2.48. The van der Waals surface area contributed by atoms with E-state index < -0.39 is 0 Å². The van der Waals surface area contributed by atoms with Crippen molar-refractivity contribution < 1.29 is 14.5 Å². The third-order valence-electron chi connectivity index (χ3n) is 3.59. The summed E-state index contributed by atoms with van der Waals surface area (Å²) in [6, 6.07) is 10.2. The van der Waals surface area contributed by atoms with Gasteiger partial charge in [-0.1, -0.05) is 37.3 Å². The predicted molar refractivity (Wildman–Crippen MR) is 58.4 cm³/mol. The normalized spacial score (nSPS) is 38.3. The molecule has 0 N–H and O–H groups in total. The first-order chi connectivity index (χ1) is 7.78. The maximum absolute atomic E-state index is 5.50. The zero-order valence-corrected chi connectivity index (χ0v) is 9.39. The highest BCUT2D eigenvalue weighted by molar-refractivity contribution is 5.18. The lowest BCUT2D eigenvalue weighted by Gasteiger charge is -2.37. The molecule has 1 aromatic carbocycles. The fourth-order valence-corrected chi connectivity index (χ4v) is 2.48. The Morgan fingerprint density at radius 3 is 2.81 bits per heavy atom. The standard InChI is InChI=1S/C13H16O3/c1-13-7-8-14-12(13)16-15-11(9-13)10-5-3-2-4-6-10/h2-6,11-12H,7-9H2,1H3/t11-,12-,13+/m1/s1. The van der Waals surface area contributed by atoms with E-state index in [9.17, 15) is 0 Å². The summed E-state index contributed by atoms with van der Waals surface area (Å²) < 4.78 is 5.50. The van der Waals surface area contributed by atoms with Gasteiger partial charge in [0.25, 0.3) is 0 Å². The minimum atomic E-state index is -0.188. The molecule has 0 spiro atoms. The van der Waals surface area contributed by atoms with Gasteiger partial charge in [0, 0.05) is 5.41 Å². The van der Waals surface area contributed by atoms with Crippen LogP contribution >= 0.6 is 0 Å². The highest BCUT2D eigenvalue weighted by atomic mass is 17.2. The summed E-state index contributed by atoms with van der Waals surface area (Å²) in [6.45, 7) is 2.98. The largest absolute Gasteiger partial charge is 0.349 e. The molecular weight excluding hydrogens is 204 g/mol. The molecule has 0 aliphatic carbocycles. The van der Waals surface area contributed by atoms with Crippen molar-refractivity contribution in [2.75, 3.05) is 6.61 Å². The average molecular weight is 220 g/mol. The van der Waals surface area contributed by atoms with Crippen LogP contribution in [0, 0.1) is 5.41 Å². The van der Waals surface area contributed by atoms with Crippen LogP contribution in [0.15, 0.2) is 30.3 Å². The summed E-state index contributed by atoms with van der Waals surface area (Å²) in [5, 5.41) is 0. The number of hydrogen-bond acceptors (Lipinski definition) is 3. The zero-order valence-electron chi connectivity index (χ0n) is 9.39. The third kappa shape index (κ3) is 1.65. The lowest BCUT2D eigenvalue weighted by molar-refractivity contribution is -0.439. The van der Waals surface area contributed by atoms with Gasteiger partial charge in [-0.3, -0.25) is 0 Å². The second kappa shape index (κ2) is 3.84. The second-order valence-corrected chi connectivity index (χ2v) is 4.90. The molecule has 2 fully saturated rings. The van der Waals surface area contributed by atoms with Crippen LogP contribution in [-0.2, 0) is 14.5 Å². The molecule has 16 heavy (non-hydrogen) atoms. The van der Waals surface area contributed by atoms with Crippen molar-refractivity contribution in [3.8, 4) is 0 Å². The fraction of sp³-hybridized carbons (Fsp3) is 0.538. The quantitative estimate of drug-likeness (QED) is 0.681. The molecule has 2 aliphatic rings. The summed E-state index contributed by atoms with van der Waals surface area (Å²) in [5.74, 6) is 0. The first kappa shape index (κ1) is 10.3. The molecule has 2 aliphatic heterocycles. The van der Waals surface area contributed by atoms with E-state index in [2.05, 4.69) is 19.1 Å². The van der Waals surface area contributed by atoms with E-state index in [0.717, 1.165) is 19.4 Å². The molecule has 0 amide bonds.